The number of amides is 1. The summed E-state index contributed by atoms with van der Waals surface area (Å²) in [7, 11) is 0. The number of carbonyl (C=O) groups excluding carboxylic acids is 1. The van der Waals surface area contributed by atoms with Crippen LogP contribution < -0.4 is 5.32 Å². The summed E-state index contributed by atoms with van der Waals surface area (Å²) >= 11 is 0. The van der Waals surface area contributed by atoms with Crippen LogP contribution in [-0.2, 0) is 4.74 Å². The Labute approximate surface area is 103 Å². The van der Waals surface area contributed by atoms with Gasteiger partial charge in [0.25, 0.3) is 0 Å². The second kappa shape index (κ2) is 3.61. The average molecular weight is 238 g/mol. The van der Waals surface area contributed by atoms with E-state index < -0.39 is 0 Å². The fourth-order valence-electron chi connectivity index (χ4n) is 3.75. The lowest BCUT2D eigenvalue weighted by Gasteiger charge is -2.43. The first-order valence-corrected chi connectivity index (χ1v) is 6.64. The van der Waals surface area contributed by atoms with Gasteiger partial charge in [-0.05, 0) is 57.5 Å². The quantitative estimate of drug-likeness (QED) is 0.692. The van der Waals surface area contributed by atoms with Crippen LogP contribution >= 0.6 is 0 Å². The molecule has 3 fully saturated rings. The molecule has 0 aromatic heterocycles. The van der Waals surface area contributed by atoms with Crippen LogP contribution in [0.5, 0.6) is 0 Å². The van der Waals surface area contributed by atoms with E-state index in [-0.39, 0.29) is 11.7 Å². The summed E-state index contributed by atoms with van der Waals surface area (Å²) in [6.45, 7) is 9.88. The Bertz CT molecular complexity index is 319. The van der Waals surface area contributed by atoms with E-state index in [0.717, 1.165) is 49.9 Å². The van der Waals surface area contributed by atoms with Gasteiger partial charge in [0, 0.05) is 13.1 Å². The van der Waals surface area contributed by atoms with E-state index in [1.165, 1.54) is 0 Å². The van der Waals surface area contributed by atoms with E-state index in [1.807, 2.05) is 25.7 Å². The summed E-state index contributed by atoms with van der Waals surface area (Å²) in [6, 6.07) is 0. The van der Waals surface area contributed by atoms with E-state index in [0.29, 0.717) is 0 Å². The van der Waals surface area contributed by atoms with E-state index in [4.69, 9.17) is 4.74 Å². The summed E-state index contributed by atoms with van der Waals surface area (Å²) in [4.78, 5) is 13.9. The highest BCUT2D eigenvalue weighted by Crippen LogP contribution is 2.52. The van der Waals surface area contributed by atoms with Gasteiger partial charge in [-0.2, -0.15) is 0 Å². The number of hydrogen-bond acceptors (Lipinski definition) is 3. The molecule has 1 N–H and O–H groups in total. The molecule has 0 radical (unpaired) electrons. The third-order valence-corrected chi connectivity index (χ3v) is 4.47. The maximum atomic E-state index is 12.0. The van der Waals surface area contributed by atoms with Crippen LogP contribution in [0.2, 0.25) is 0 Å². The zero-order valence-electron chi connectivity index (χ0n) is 10.9. The normalized spacial score (nSPS) is 39.6. The van der Waals surface area contributed by atoms with Crippen molar-refractivity contribution in [2.24, 2.45) is 23.7 Å². The van der Waals surface area contributed by atoms with Gasteiger partial charge in [0.15, 0.2) is 0 Å². The molecule has 0 aromatic carbocycles. The number of hydrogen-bond donors (Lipinski definition) is 1. The Kier molecular flexibility index (Phi) is 2.41. The Hall–Kier alpha value is -0.770. The topological polar surface area (TPSA) is 41.6 Å². The molecule has 96 valence electrons. The summed E-state index contributed by atoms with van der Waals surface area (Å²) in [5.41, 5.74) is -0.379. The third-order valence-electron chi connectivity index (χ3n) is 4.47. The molecule has 3 rings (SSSR count). The lowest BCUT2D eigenvalue weighted by Crippen LogP contribution is -2.44. The van der Waals surface area contributed by atoms with Crippen molar-refractivity contribution in [2.75, 3.05) is 26.2 Å². The second-order valence-corrected chi connectivity index (χ2v) is 6.70. The summed E-state index contributed by atoms with van der Waals surface area (Å²) in [6.07, 6.45) is -0.127. The van der Waals surface area contributed by atoms with Crippen molar-refractivity contribution < 1.29 is 9.53 Å². The van der Waals surface area contributed by atoms with Crippen molar-refractivity contribution in [1.29, 1.82) is 0 Å². The zero-order valence-corrected chi connectivity index (χ0v) is 10.9. The number of likely N-dealkylation sites (tertiary alicyclic amines) is 1. The van der Waals surface area contributed by atoms with Crippen molar-refractivity contribution in [1.82, 2.24) is 10.2 Å². The molecule has 4 unspecified atom stereocenters. The Morgan fingerprint density at radius 3 is 2.12 bits per heavy atom. The van der Waals surface area contributed by atoms with Gasteiger partial charge in [0.1, 0.15) is 5.60 Å². The monoisotopic (exact) mass is 238 g/mol. The van der Waals surface area contributed by atoms with Crippen molar-refractivity contribution in [2.45, 2.75) is 26.4 Å². The third kappa shape index (κ3) is 1.82. The lowest BCUT2D eigenvalue weighted by atomic mass is 9.60. The van der Waals surface area contributed by atoms with Crippen LogP contribution in [0.4, 0.5) is 4.79 Å². The number of carbonyl (C=O) groups is 1. The molecule has 4 heteroatoms. The molecule has 3 aliphatic rings. The summed E-state index contributed by atoms with van der Waals surface area (Å²) in [5, 5.41) is 3.46. The van der Waals surface area contributed by atoms with Crippen molar-refractivity contribution >= 4 is 6.09 Å². The molecular formula is C13H22N2O2. The molecule has 4 atom stereocenters. The van der Waals surface area contributed by atoms with Crippen LogP contribution in [0.15, 0.2) is 0 Å². The maximum absolute atomic E-state index is 12.0. The van der Waals surface area contributed by atoms with Gasteiger partial charge in [0.2, 0.25) is 0 Å². The minimum atomic E-state index is -0.379. The smallest absolute Gasteiger partial charge is 0.410 e. The van der Waals surface area contributed by atoms with E-state index in [9.17, 15) is 4.79 Å². The number of nitrogens with zero attached hydrogens (tertiary/aromatic N) is 1. The predicted molar refractivity (Wildman–Crippen MR) is 64.6 cm³/mol. The van der Waals surface area contributed by atoms with Gasteiger partial charge in [0.05, 0.1) is 0 Å². The van der Waals surface area contributed by atoms with Gasteiger partial charge in [-0.25, -0.2) is 4.79 Å². The highest BCUT2D eigenvalue weighted by Gasteiger charge is 2.57. The number of ether oxygens (including phenoxy) is 1. The predicted octanol–water partition coefficient (Wildman–Crippen LogP) is 1.32. The Morgan fingerprint density at radius 2 is 1.65 bits per heavy atom. The molecule has 2 heterocycles. The first kappa shape index (κ1) is 11.3. The minimum Gasteiger partial charge on any atom is -0.444 e. The molecule has 0 aromatic rings. The van der Waals surface area contributed by atoms with Crippen LogP contribution in [0, 0.1) is 23.7 Å². The van der Waals surface area contributed by atoms with Gasteiger partial charge in [-0.1, -0.05) is 0 Å². The fourth-order valence-corrected chi connectivity index (χ4v) is 3.75. The van der Waals surface area contributed by atoms with Crippen LogP contribution in [0.1, 0.15) is 20.8 Å². The van der Waals surface area contributed by atoms with E-state index in [1.54, 1.807) is 0 Å². The van der Waals surface area contributed by atoms with Gasteiger partial charge in [-0.3, -0.25) is 0 Å². The molecule has 1 amide bonds. The Balaban J connectivity index is 1.60. The molecule has 0 spiro atoms. The molecular weight excluding hydrogens is 216 g/mol. The molecule has 4 nitrogen and oxygen atoms in total. The van der Waals surface area contributed by atoms with Gasteiger partial charge < -0.3 is 15.0 Å². The minimum absolute atomic E-state index is 0.127. The van der Waals surface area contributed by atoms with E-state index >= 15 is 0 Å². The maximum Gasteiger partial charge on any atom is 0.410 e. The first-order chi connectivity index (χ1) is 7.96. The van der Waals surface area contributed by atoms with Crippen LogP contribution in [0.25, 0.3) is 0 Å². The Morgan fingerprint density at radius 1 is 1.12 bits per heavy atom. The van der Waals surface area contributed by atoms with Crippen molar-refractivity contribution in [3.8, 4) is 0 Å². The van der Waals surface area contributed by atoms with Crippen LogP contribution in [-0.4, -0.2) is 42.8 Å². The summed E-state index contributed by atoms with van der Waals surface area (Å²) in [5.74, 6) is 3.07. The molecule has 2 aliphatic heterocycles. The first-order valence-electron chi connectivity index (χ1n) is 6.64. The van der Waals surface area contributed by atoms with Crippen molar-refractivity contribution in [3.63, 3.8) is 0 Å². The molecule has 17 heavy (non-hydrogen) atoms. The highest BCUT2D eigenvalue weighted by atomic mass is 16.6. The standard InChI is InChI=1S/C13H22N2O2/c1-13(2,3)17-12(16)15-6-10-8-4-14-5-9(8)11(10)7-15/h8-11,14H,4-7H2,1-3H3. The number of fused-ring (bicyclic) bond motifs is 4. The van der Waals surface area contributed by atoms with E-state index in [2.05, 4.69) is 5.32 Å². The molecule has 1 aliphatic carbocycles. The molecule has 2 saturated heterocycles. The fraction of sp³-hybridized carbons (Fsp3) is 0.923. The number of rotatable bonds is 0. The highest BCUT2D eigenvalue weighted by molar-refractivity contribution is 5.68. The SMILES string of the molecule is CC(C)(C)OC(=O)N1CC2C3CNCC3C2C1. The second-order valence-electron chi connectivity index (χ2n) is 6.70. The van der Waals surface area contributed by atoms with Crippen molar-refractivity contribution in [3.05, 3.63) is 0 Å². The lowest BCUT2D eigenvalue weighted by molar-refractivity contribution is 0.0287. The van der Waals surface area contributed by atoms with Gasteiger partial charge >= 0.3 is 6.09 Å². The molecule has 1 saturated carbocycles. The zero-order chi connectivity index (χ0) is 12.2. The largest absolute Gasteiger partial charge is 0.444 e. The number of nitrogens with one attached hydrogen (secondary N) is 1. The van der Waals surface area contributed by atoms with Gasteiger partial charge in [-0.15, -0.1) is 0 Å². The van der Waals surface area contributed by atoms with Crippen LogP contribution in [0.3, 0.4) is 0 Å². The average Bonchev–Trinajstić information content (AvgIpc) is 2.71. The summed E-state index contributed by atoms with van der Waals surface area (Å²) < 4.78 is 5.44. The molecule has 0 bridgehead atoms.